The van der Waals surface area contributed by atoms with Gasteiger partial charge in [-0.1, -0.05) is 36.1 Å². The van der Waals surface area contributed by atoms with Gasteiger partial charge in [0.25, 0.3) is 11.1 Å². The molecule has 0 aliphatic rings. The third-order valence-electron chi connectivity index (χ3n) is 5.03. The van der Waals surface area contributed by atoms with E-state index in [-0.39, 0.29) is 6.54 Å². The van der Waals surface area contributed by atoms with Crippen LogP contribution < -0.4 is 24.2 Å². The van der Waals surface area contributed by atoms with E-state index in [1.165, 1.54) is 35.0 Å². The smallest absolute Gasteiger partial charge is 0.279 e. The second-order valence-electron chi connectivity index (χ2n) is 7.35. The van der Waals surface area contributed by atoms with Gasteiger partial charge in [-0.25, -0.2) is 9.37 Å². The van der Waals surface area contributed by atoms with Crippen molar-refractivity contribution in [2.45, 2.75) is 24.8 Å². The summed E-state index contributed by atoms with van der Waals surface area (Å²) in [6.07, 6.45) is 2.44. The lowest BCUT2D eigenvalue weighted by Gasteiger charge is -2.10. The third kappa shape index (κ3) is 5.71. The van der Waals surface area contributed by atoms with Gasteiger partial charge < -0.3 is 28.8 Å². The molecule has 12 heteroatoms. The Bertz CT molecular complexity index is 1400. The van der Waals surface area contributed by atoms with Crippen LogP contribution in [0.25, 0.3) is 11.0 Å². The van der Waals surface area contributed by atoms with Crippen LogP contribution in [0.3, 0.4) is 0 Å². The topological polar surface area (TPSA) is 108 Å². The number of benzene rings is 2. The van der Waals surface area contributed by atoms with Crippen molar-refractivity contribution in [1.29, 1.82) is 0 Å². The lowest BCUT2D eigenvalue weighted by molar-refractivity contribution is -0.119. The number of carbonyl (C=O) groups excluding carboxylic acids is 1. The first kappa shape index (κ1) is 25.3. The van der Waals surface area contributed by atoms with E-state index in [4.69, 9.17) is 18.7 Å². The minimum Gasteiger partial charge on any atom is -0.496 e. The van der Waals surface area contributed by atoms with Gasteiger partial charge in [-0.2, -0.15) is 0 Å². The van der Waals surface area contributed by atoms with Crippen LogP contribution in [0.2, 0.25) is 0 Å². The molecular weight excluding hydrogens is 507 g/mol. The minimum atomic E-state index is -1.05. The van der Waals surface area contributed by atoms with Gasteiger partial charge in [0.1, 0.15) is 22.6 Å². The van der Waals surface area contributed by atoms with E-state index in [9.17, 15) is 9.18 Å². The molecule has 1 amide bonds. The fourth-order valence-corrected chi connectivity index (χ4v) is 4.73. The summed E-state index contributed by atoms with van der Waals surface area (Å²) in [6, 6.07) is 9.40. The number of fused-ring (bicyclic) bond motifs is 1. The highest BCUT2D eigenvalue weighted by Gasteiger charge is 2.18. The average molecular weight is 531 g/mol. The van der Waals surface area contributed by atoms with Crippen LogP contribution in [-0.2, 0) is 17.8 Å². The number of nitrogens with one attached hydrogen (secondary N) is 2. The molecule has 0 fully saturated rings. The lowest BCUT2D eigenvalue weighted by atomic mass is 10.2. The normalized spacial score (nSPS) is 10.8. The number of thiazole rings is 1. The average Bonchev–Trinajstić information content (AvgIpc) is 3.51. The van der Waals surface area contributed by atoms with E-state index < -0.39 is 11.7 Å². The maximum Gasteiger partial charge on any atom is 0.279 e. The molecule has 0 spiro atoms. The molecule has 9 nitrogen and oxygen atoms in total. The van der Waals surface area contributed by atoms with E-state index in [1.54, 1.807) is 26.4 Å². The molecule has 0 bridgehead atoms. The Morgan fingerprint density at radius 3 is 2.75 bits per heavy atom. The van der Waals surface area contributed by atoms with Crippen molar-refractivity contribution in [1.82, 2.24) is 15.5 Å². The number of nitrogens with zero attached hydrogens (tertiary/aromatic N) is 2. The lowest BCUT2D eigenvalue weighted by Crippen LogP contribution is -2.21. The van der Waals surface area contributed by atoms with Crippen LogP contribution in [0.5, 0.6) is 22.4 Å². The van der Waals surface area contributed by atoms with Crippen LogP contribution >= 0.6 is 23.3 Å². The number of methoxy groups -OCH3 is 2. The summed E-state index contributed by atoms with van der Waals surface area (Å²) in [6.45, 7) is 5.15. The number of aryl methyl sites for hydroxylation is 1. The zero-order chi connectivity index (χ0) is 25.7. The van der Waals surface area contributed by atoms with Gasteiger partial charge in [0, 0.05) is 23.2 Å². The molecule has 2 aromatic carbocycles. The number of ether oxygens (including phenoxy) is 3. The van der Waals surface area contributed by atoms with Gasteiger partial charge in [0.15, 0.2) is 17.2 Å². The first-order valence-electron chi connectivity index (χ1n) is 10.7. The SMILES string of the molecule is C=C(F)C(=O)NCc1cnc(Oc2cc(OC)c3c(NSc4cc(CC)ccc4OC)noc3c2)s1. The molecule has 4 aromatic rings. The molecule has 4 rings (SSSR count). The van der Waals surface area contributed by atoms with Crippen molar-refractivity contribution in [3.05, 3.63) is 59.4 Å². The van der Waals surface area contributed by atoms with Crippen molar-refractivity contribution in [2.24, 2.45) is 0 Å². The van der Waals surface area contributed by atoms with Gasteiger partial charge in [-0.05, 0) is 36.1 Å². The monoisotopic (exact) mass is 530 g/mol. The molecule has 0 aliphatic heterocycles. The third-order valence-corrected chi connectivity index (χ3v) is 6.74. The second-order valence-corrected chi connectivity index (χ2v) is 9.28. The first-order chi connectivity index (χ1) is 17.4. The van der Waals surface area contributed by atoms with Crippen molar-refractivity contribution in [3.8, 4) is 22.4 Å². The summed E-state index contributed by atoms with van der Waals surface area (Å²) in [4.78, 5) is 17.1. The molecule has 0 unspecified atom stereocenters. The maximum absolute atomic E-state index is 12.8. The molecule has 0 saturated heterocycles. The number of carbonyl (C=O) groups is 1. The molecule has 0 saturated carbocycles. The van der Waals surface area contributed by atoms with E-state index in [0.717, 1.165) is 17.1 Å². The predicted molar refractivity (Wildman–Crippen MR) is 137 cm³/mol. The van der Waals surface area contributed by atoms with Crippen LogP contribution in [0.15, 0.2) is 58.4 Å². The molecule has 2 aromatic heterocycles. The summed E-state index contributed by atoms with van der Waals surface area (Å²) >= 11 is 2.56. The molecule has 0 aliphatic carbocycles. The fourth-order valence-electron chi connectivity index (χ4n) is 3.21. The minimum absolute atomic E-state index is 0.103. The van der Waals surface area contributed by atoms with Gasteiger partial charge in [-0.3, -0.25) is 4.79 Å². The molecule has 36 heavy (non-hydrogen) atoms. The van der Waals surface area contributed by atoms with Gasteiger partial charge in [-0.15, -0.1) is 0 Å². The molecule has 2 heterocycles. The number of hydrogen-bond donors (Lipinski definition) is 2. The number of anilines is 1. The summed E-state index contributed by atoms with van der Waals surface area (Å²) in [5.41, 5.74) is 1.64. The Balaban J connectivity index is 1.50. The van der Waals surface area contributed by atoms with Crippen LogP contribution in [0, 0.1) is 0 Å². The summed E-state index contributed by atoms with van der Waals surface area (Å²) in [5, 5.41) is 7.53. The number of halogens is 1. The zero-order valence-corrected chi connectivity index (χ0v) is 21.3. The summed E-state index contributed by atoms with van der Waals surface area (Å²) < 4.78 is 38.4. The zero-order valence-electron chi connectivity index (χ0n) is 19.7. The van der Waals surface area contributed by atoms with E-state index in [2.05, 4.69) is 39.7 Å². The van der Waals surface area contributed by atoms with Crippen LogP contribution in [0.1, 0.15) is 17.4 Å². The Labute approximate surface area is 214 Å². The number of hydrogen-bond acceptors (Lipinski definition) is 10. The maximum atomic E-state index is 12.8. The molecule has 188 valence electrons. The molecule has 2 N–H and O–H groups in total. The number of rotatable bonds is 11. The van der Waals surface area contributed by atoms with Gasteiger partial charge >= 0.3 is 0 Å². The summed E-state index contributed by atoms with van der Waals surface area (Å²) in [5.74, 6) is 0.233. The largest absolute Gasteiger partial charge is 0.496 e. The molecule has 0 atom stereocenters. The quantitative estimate of drug-likeness (QED) is 0.182. The Morgan fingerprint density at radius 1 is 1.22 bits per heavy atom. The first-order valence-corrected chi connectivity index (χ1v) is 12.4. The Morgan fingerprint density at radius 2 is 2.03 bits per heavy atom. The summed E-state index contributed by atoms with van der Waals surface area (Å²) in [7, 11) is 3.17. The van der Waals surface area contributed by atoms with Gasteiger partial charge in [0.2, 0.25) is 0 Å². The standard InChI is InChI=1S/C24H23FN4O5S2/c1-5-14-6-7-17(31-3)20(8-14)36-29-22-21-18(32-4)9-15(10-19(21)34-28-22)33-24-27-12-16(35-24)11-26-23(30)13(2)25/h6-10,12H,2,5,11H2,1,3-4H3,(H,26,30)(H,28,29). The van der Waals surface area contributed by atoms with E-state index in [0.29, 0.717) is 38.4 Å². The van der Waals surface area contributed by atoms with Crippen molar-refractivity contribution < 1.29 is 27.9 Å². The highest BCUT2D eigenvalue weighted by molar-refractivity contribution is 8.00. The highest BCUT2D eigenvalue weighted by atomic mass is 32.2. The van der Waals surface area contributed by atoms with Crippen LogP contribution in [0.4, 0.5) is 10.2 Å². The predicted octanol–water partition coefficient (Wildman–Crippen LogP) is 5.87. The number of amides is 1. The van der Waals surface area contributed by atoms with Crippen molar-refractivity contribution in [2.75, 3.05) is 18.9 Å². The number of aromatic nitrogens is 2. The van der Waals surface area contributed by atoms with Crippen molar-refractivity contribution in [3.63, 3.8) is 0 Å². The fraction of sp³-hybridized carbons (Fsp3) is 0.208. The van der Waals surface area contributed by atoms with Crippen molar-refractivity contribution >= 4 is 46.0 Å². The van der Waals surface area contributed by atoms with E-state index in [1.807, 2.05) is 12.1 Å². The highest BCUT2D eigenvalue weighted by Crippen LogP contribution is 2.40. The Hall–Kier alpha value is -3.77. The Kier molecular flexibility index (Phi) is 7.96. The molecule has 0 radical (unpaired) electrons. The van der Waals surface area contributed by atoms with E-state index >= 15 is 0 Å². The van der Waals surface area contributed by atoms with Crippen LogP contribution in [-0.4, -0.2) is 30.3 Å². The van der Waals surface area contributed by atoms with Gasteiger partial charge in [0.05, 0.1) is 25.7 Å². The second kappa shape index (κ2) is 11.3. The molecular formula is C24H23FN4O5S2.